The molecule has 0 bridgehead atoms. The van der Waals surface area contributed by atoms with E-state index in [-0.39, 0.29) is 5.56 Å². The van der Waals surface area contributed by atoms with Crippen molar-refractivity contribution >= 4 is 11.0 Å². The van der Waals surface area contributed by atoms with Gasteiger partial charge in [-0.3, -0.25) is 4.79 Å². The van der Waals surface area contributed by atoms with Gasteiger partial charge in [0.25, 0.3) is 5.56 Å². The fourth-order valence-corrected chi connectivity index (χ4v) is 2.48. The predicted molar refractivity (Wildman–Crippen MR) is 83.2 cm³/mol. The van der Waals surface area contributed by atoms with E-state index < -0.39 is 0 Å². The molecule has 0 unspecified atom stereocenters. The summed E-state index contributed by atoms with van der Waals surface area (Å²) in [5.41, 5.74) is 2.55. The van der Waals surface area contributed by atoms with Crippen molar-refractivity contribution in [1.82, 2.24) is 14.5 Å². The number of rotatable bonds is 6. The van der Waals surface area contributed by atoms with Crippen molar-refractivity contribution < 1.29 is 0 Å². The first-order valence-corrected chi connectivity index (χ1v) is 7.42. The molecular formula is C16H23N3O. The lowest BCUT2D eigenvalue weighted by atomic mass is 10.2. The van der Waals surface area contributed by atoms with Crippen LogP contribution < -0.4 is 5.56 Å². The fraction of sp³-hybridized carbons (Fsp3) is 0.500. The Labute approximate surface area is 120 Å². The van der Waals surface area contributed by atoms with E-state index in [0.29, 0.717) is 12.1 Å². The SMILES string of the molecule is CCc1nc2ccccc2n(CCN(CC)CC)c1=O. The molecule has 0 atom stereocenters. The Kier molecular flexibility index (Phi) is 4.90. The molecule has 0 spiro atoms. The van der Waals surface area contributed by atoms with Crippen molar-refractivity contribution in [2.75, 3.05) is 19.6 Å². The highest BCUT2D eigenvalue weighted by atomic mass is 16.1. The van der Waals surface area contributed by atoms with Gasteiger partial charge in [-0.2, -0.15) is 0 Å². The summed E-state index contributed by atoms with van der Waals surface area (Å²) < 4.78 is 1.87. The second-order valence-electron chi connectivity index (χ2n) is 4.88. The number of hydrogen-bond acceptors (Lipinski definition) is 3. The minimum atomic E-state index is 0.0540. The van der Waals surface area contributed by atoms with Crippen LogP contribution in [0.4, 0.5) is 0 Å². The Morgan fingerprint density at radius 1 is 1.15 bits per heavy atom. The van der Waals surface area contributed by atoms with E-state index in [1.54, 1.807) is 0 Å². The van der Waals surface area contributed by atoms with Crippen LogP contribution in [0.3, 0.4) is 0 Å². The number of aryl methyl sites for hydroxylation is 1. The maximum absolute atomic E-state index is 12.5. The zero-order chi connectivity index (χ0) is 14.5. The van der Waals surface area contributed by atoms with Gasteiger partial charge in [0.05, 0.1) is 11.0 Å². The van der Waals surface area contributed by atoms with Gasteiger partial charge in [0.15, 0.2) is 0 Å². The van der Waals surface area contributed by atoms with Gasteiger partial charge >= 0.3 is 0 Å². The molecule has 2 rings (SSSR count). The molecule has 20 heavy (non-hydrogen) atoms. The highest BCUT2D eigenvalue weighted by Gasteiger charge is 2.10. The summed E-state index contributed by atoms with van der Waals surface area (Å²) in [4.78, 5) is 19.3. The zero-order valence-electron chi connectivity index (χ0n) is 12.6. The summed E-state index contributed by atoms with van der Waals surface area (Å²) in [6.07, 6.45) is 0.676. The molecule has 4 heteroatoms. The molecule has 0 aliphatic heterocycles. The molecule has 0 aliphatic carbocycles. The van der Waals surface area contributed by atoms with E-state index in [9.17, 15) is 4.79 Å². The highest BCUT2D eigenvalue weighted by molar-refractivity contribution is 5.74. The first-order valence-electron chi connectivity index (χ1n) is 7.42. The molecule has 0 fully saturated rings. The fourth-order valence-electron chi connectivity index (χ4n) is 2.48. The van der Waals surface area contributed by atoms with E-state index in [2.05, 4.69) is 23.7 Å². The van der Waals surface area contributed by atoms with Crippen LogP contribution in [0.25, 0.3) is 11.0 Å². The molecule has 108 valence electrons. The van der Waals surface area contributed by atoms with Crippen molar-refractivity contribution in [1.29, 1.82) is 0 Å². The first kappa shape index (κ1) is 14.7. The number of para-hydroxylation sites is 2. The van der Waals surface area contributed by atoms with Crippen molar-refractivity contribution in [3.63, 3.8) is 0 Å². The van der Waals surface area contributed by atoms with Crippen molar-refractivity contribution in [2.24, 2.45) is 0 Å². The van der Waals surface area contributed by atoms with E-state index in [1.807, 2.05) is 35.8 Å². The minimum Gasteiger partial charge on any atom is -0.304 e. The van der Waals surface area contributed by atoms with Gasteiger partial charge in [0.2, 0.25) is 0 Å². The third kappa shape index (κ3) is 2.90. The summed E-state index contributed by atoms with van der Waals surface area (Å²) in [6, 6.07) is 7.88. The van der Waals surface area contributed by atoms with Gasteiger partial charge in [0.1, 0.15) is 5.69 Å². The van der Waals surface area contributed by atoms with Crippen molar-refractivity contribution in [3.05, 3.63) is 40.3 Å². The maximum Gasteiger partial charge on any atom is 0.272 e. The van der Waals surface area contributed by atoms with Crippen LogP contribution in [-0.4, -0.2) is 34.1 Å². The number of nitrogens with zero attached hydrogens (tertiary/aromatic N) is 3. The lowest BCUT2D eigenvalue weighted by Crippen LogP contribution is -2.32. The summed E-state index contributed by atoms with van der Waals surface area (Å²) in [5.74, 6) is 0. The average Bonchev–Trinajstić information content (AvgIpc) is 2.49. The van der Waals surface area contributed by atoms with Gasteiger partial charge in [0, 0.05) is 13.1 Å². The van der Waals surface area contributed by atoms with Gasteiger partial charge in [-0.1, -0.05) is 32.9 Å². The number of aromatic nitrogens is 2. The summed E-state index contributed by atoms with van der Waals surface area (Å²) >= 11 is 0. The predicted octanol–water partition coefficient (Wildman–Crippen LogP) is 2.30. The Morgan fingerprint density at radius 2 is 1.85 bits per heavy atom. The number of fused-ring (bicyclic) bond motifs is 1. The van der Waals surface area contributed by atoms with E-state index in [4.69, 9.17) is 0 Å². The van der Waals surface area contributed by atoms with Crippen LogP contribution in [0, 0.1) is 0 Å². The highest BCUT2D eigenvalue weighted by Crippen LogP contribution is 2.10. The Morgan fingerprint density at radius 3 is 2.50 bits per heavy atom. The van der Waals surface area contributed by atoms with Crippen molar-refractivity contribution in [2.45, 2.75) is 33.7 Å². The quantitative estimate of drug-likeness (QED) is 0.810. The van der Waals surface area contributed by atoms with E-state index >= 15 is 0 Å². The number of likely N-dealkylation sites (N-methyl/N-ethyl adjacent to an activating group) is 1. The molecule has 0 amide bonds. The van der Waals surface area contributed by atoms with Crippen LogP contribution in [0.15, 0.2) is 29.1 Å². The normalized spacial score (nSPS) is 11.4. The molecule has 1 heterocycles. The van der Waals surface area contributed by atoms with Crippen LogP contribution in [0.5, 0.6) is 0 Å². The van der Waals surface area contributed by atoms with Crippen LogP contribution in [0.2, 0.25) is 0 Å². The Bertz CT molecular complexity index is 629. The zero-order valence-corrected chi connectivity index (χ0v) is 12.6. The topological polar surface area (TPSA) is 38.1 Å². The third-order valence-electron chi connectivity index (χ3n) is 3.79. The first-order chi connectivity index (χ1) is 9.71. The van der Waals surface area contributed by atoms with Crippen LogP contribution >= 0.6 is 0 Å². The second kappa shape index (κ2) is 6.66. The largest absolute Gasteiger partial charge is 0.304 e. The summed E-state index contributed by atoms with van der Waals surface area (Å²) in [6.45, 7) is 9.90. The third-order valence-corrected chi connectivity index (χ3v) is 3.79. The molecule has 0 aliphatic rings. The van der Waals surface area contributed by atoms with Crippen LogP contribution in [0.1, 0.15) is 26.5 Å². The summed E-state index contributed by atoms with van der Waals surface area (Å²) in [7, 11) is 0. The molecule has 0 N–H and O–H groups in total. The Hall–Kier alpha value is -1.68. The monoisotopic (exact) mass is 273 g/mol. The van der Waals surface area contributed by atoms with Gasteiger partial charge in [-0.15, -0.1) is 0 Å². The molecule has 0 saturated carbocycles. The standard InChI is InChI=1S/C16H23N3O/c1-4-13-16(20)19(12-11-18(5-2)6-3)15-10-8-7-9-14(15)17-13/h7-10H,4-6,11-12H2,1-3H3. The maximum atomic E-state index is 12.5. The van der Waals surface area contributed by atoms with Gasteiger partial charge in [-0.25, -0.2) is 4.98 Å². The molecular weight excluding hydrogens is 250 g/mol. The van der Waals surface area contributed by atoms with Gasteiger partial charge < -0.3 is 9.47 Å². The average molecular weight is 273 g/mol. The lowest BCUT2D eigenvalue weighted by Gasteiger charge is -2.19. The number of hydrogen-bond donors (Lipinski definition) is 0. The van der Waals surface area contributed by atoms with Gasteiger partial charge in [-0.05, 0) is 31.6 Å². The molecule has 1 aromatic heterocycles. The molecule has 0 saturated heterocycles. The number of benzene rings is 1. The lowest BCUT2D eigenvalue weighted by molar-refractivity contribution is 0.290. The van der Waals surface area contributed by atoms with Crippen LogP contribution in [-0.2, 0) is 13.0 Å². The van der Waals surface area contributed by atoms with Crippen molar-refractivity contribution in [3.8, 4) is 0 Å². The molecule has 4 nitrogen and oxygen atoms in total. The minimum absolute atomic E-state index is 0.0540. The van der Waals surface area contributed by atoms with E-state index in [1.165, 1.54) is 0 Å². The Balaban J connectivity index is 2.44. The smallest absolute Gasteiger partial charge is 0.272 e. The molecule has 0 radical (unpaired) electrons. The molecule has 1 aromatic carbocycles. The molecule has 2 aromatic rings. The van der Waals surface area contributed by atoms with E-state index in [0.717, 1.165) is 37.2 Å². The second-order valence-corrected chi connectivity index (χ2v) is 4.88. The summed E-state index contributed by atoms with van der Waals surface area (Å²) in [5, 5.41) is 0.